The summed E-state index contributed by atoms with van der Waals surface area (Å²) >= 11 is 1.31. The Morgan fingerprint density at radius 3 is 2.38 bits per heavy atom. The van der Waals surface area contributed by atoms with Gasteiger partial charge in [0.25, 0.3) is 0 Å². The average molecular weight is 524 g/mol. The third-order valence-corrected chi connectivity index (χ3v) is 6.61. The number of rotatable bonds is 11. The molecule has 0 saturated carbocycles. The maximum absolute atomic E-state index is 12.6. The molecule has 1 heterocycles. The number of ether oxygens (including phenoxy) is 2. The Morgan fingerprint density at radius 2 is 1.73 bits per heavy atom. The van der Waals surface area contributed by atoms with E-state index in [1.165, 1.54) is 17.8 Å². The predicted molar refractivity (Wildman–Crippen MR) is 146 cm³/mol. The molecular formula is C27H33N5O4S. The lowest BCUT2D eigenvalue weighted by Crippen LogP contribution is -2.22. The fourth-order valence-electron chi connectivity index (χ4n) is 3.91. The minimum atomic E-state index is -0.266. The molecule has 2 N–H and O–H groups in total. The van der Waals surface area contributed by atoms with Gasteiger partial charge in [-0.1, -0.05) is 35.5 Å². The third-order valence-electron chi connectivity index (χ3n) is 5.64. The maximum atomic E-state index is 12.6. The quantitative estimate of drug-likeness (QED) is 0.285. The summed E-state index contributed by atoms with van der Waals surface area (Å²) in [6.07, 6.45) is 3.14. The minimum Gasteiger partial charge on any atom is -0.493 e. The van der Waals surface area contributed by atoms with Crippen LogP contribution < -0.4 is 20.1 Å². The molecule has 0 aliphatic heterocycles. The average Bonchev–Trinajstić information content (AvgIpc) is 3.28. The van der Waals surface area contributed by atoms with Gasteiger partial charge in [0.05, 0.1) is 26.5 Å². The molecule has 0 unspecified atom stereocenters. The Kier molecular flexibility index (Phi) is 9.73. The van der Waals surface area contributed by atoms with Crippen molar-refractivity contribution < 1.29 is 19.1 Å². The van der Waals surface area contributed by atoms with Crippen molar-refractivity contribution in [2.24, 2.45) is 0 Å². The molecule has 10 heteroatoms. The van der Waals surface area contributed by atoms with E-state index in [0.29, 0.717) is 29.0 Å². The summed E-state index contributed by atoms with van der Waals surface area (Å²) in [4.78, 5) is 25.0. The van der Waals surface area contributed by atoms with Gasteiger partial charge < -0.3 is 24.7 Å². The zero-order valence-electron chi connectivity index (χ0n) is 22.0. The van der Waals surface area contributed by atoms with Crippen molar-refractivity contribution in [1.82, 2.24) is 20.1 Å². The molecule has 0 aliphatic carbocycles. The first-order valence-electron chi connectivity index (χ1n) is 11.9. The van der Waals surface area contributed by atoms with E-state index in [0.717, 1.165) is 27.9 Å². The summed E-state index contributed by atoms with van der Waals surface area (Å²) < 4.78 is 12.4. The summed E-state index contributed by atoms with van der Waals surface area (Å²) in [6.45, 7) is 8.80. The summed E-state index contributed by atoms with van der Waals surface area (Å²) in [5.41, 5.74) is 4.88. The van der Waals surface area contributed by atoms with Crippen LogP contribution in [0.3, 0.4) is 0 Å². The fourth-order valence-corrected chi connectivity index (χ4v) is 4.73. The van der Waals surface area contributed by atoms with E-state index in [-0.39, 0.29) is 24.1 Å². The molecule has 9 nitrogen and oxygen atoms in total. The van der Waals surface area contributed by atoms with Gasteiger partial charge in [0.15, 0.2) is 22.5 Å². The van der Waals surface area contributed by atoms with Gasteiger partial charge in [0, 0.05) is 18.3 Å². The van der Waals surface area contributed by atoms with Crippen molar-refractivity contribution >= 4 is 35.3 Å². The van der Waals surface area contributed by atoms with Crippen LogP contribution in [0.25, 0.3) is 6.08 Å². The van der Waals surface area contributed by atoms with Crippen molar-refractivity contribution in [1.29, 1.82) is 0 Å². The minimum absolute atomic E-state index is 0.110. The number of nitrogens with one attached hydrogen (secondary N) is 2. The van der Waals surface area contributed by atoms with Crippen molar-refractivity contribution in [3.8, 4) is 11.5 Å². The van der Waals surface area contributed by atoms with E-state index in [1.54, 1.807) is 32.4 Å². The number of nitrogens with zero attached hydrogens (tertiary/aromatic N) is 3. The van der Waals surface area contributed by atoms with Crippen molar-refractivity contribution in [2.75, 3.05) is 25.3 Å². The standard InChI is InChI=1S/C27H33N5O4S/c1-7-32-23(15-28-24(33)11-9-20-8-10-21(35-5)22(14-20)36-6)30-31-27(32)37-16-25(34)29-26-18(3)12-17(2)13-19(26)4/h8-14H,7,15-16H2,1-6H3,(H,28,33)(H,29,34)/b11-9+. The van der Waals surface area contributed by atoms with Gasteiger partial charge in [-0.2, -0.15) is 0 Å². The van der Waals surface area contributed by atoms with Crippen molar-refractivity contribution in [3.63, 3.8) is 0 Å². The molecule has 3 rings (SSSR count). The van der Waals surface area contributed by atoms with Crippen LogP contribution in [0.5, 0.6) is 11.5 Å². The van der Waals surface area contributed by atoms with E-state index in [1.807, 2.05) is 50.5 Å². The molecule has 0 bridgehead atoms. The Morgan fingerprint density at radius 1 is 1.03 bits per heavy atom. The van der Waals surface area contributed by atoms with E-state index < -0.39 is 0 Å². The first-order valence-corrected chi connectivity index (χ1v) is 12.8. The number of aryl methyl sites for hydroxylation is 3. The lowest BCUT2D eigenvalue weighted by molar-refractivity contribution is -0.116. The van der Waals surface area contributed by atoms with Crippen molar-refractivity contribution in [3.05, 3.63) is 64.5 Å². The molecule has 2 amide bonds. The molecule has 37 heavy (non-hydrogen) atoms. The zero-order valence-corrected chi connectivity index (χ0v) is 22.9. The topological polar surface area (TPSA) is 107 Å². The molecule has 3 aromatic rings. The molecule has 2 aromatic carbocycles. The first-order chi connectivity index (χ1) is 17.7. The molecular weight excluding hydrogens is 490 g/mol. The smallest absolute Gasteiger partial charge is 0.244 e. The number of hydrogen-bond donors (Lipinski definition) is 2. The first kappa shape index (κ1) is 27.8. The second-order valence-electron chi connectivity index (χ2n) is 8.42. The third kappa shape index (κ3) is 7.36. The summed E-state index contributed by atoms with van der Waals surface area (Å²) in [5.74, 6) is 1.64. The maximum Gasteiger partial charge on any atom is 0.244 e. The van der Waals surface area contributed by atoms with Gasteiger partial charge in [-0.15, -0.1) is 10.2 Å². The Hall–Kier alpha value is -3.79. The largest absolute Gasteiger partial charge is 0.493 e. The normalized spacial score (nSPS) is 11.0. The van der Waals surface area contributed by atoms with Crippen LogP contribution in [-0.4, -0.2) is 46.6 Å². The van der Waals surface area contributed by atoms with E-state index in [2.05, 4.69) is 20.8 Å². The van der Waals surface area contributed by atoms with Gasteiger partial charge in [0.1, 0.15) is 0 Å². The second kappa shape index (κ2) is 13.0. The van der Waals surface area contributed by atoms with E-state index in [9.17, 15) is 9.59 Å². The van der Waals surface area contributed by atoms with Gasteiger partial charge in [-0.05, 0) is 62.6 Å². The van der Waals surface area contributed by atoms with Crippen LogP contribution in [0.1, 0.15) is 35.0 Å². The highest BCUT2D eigenvalue weighted by Crippen LogP contribution is 2.28. The number of carbonyl (C=O) groups excluding carboxylic acids is 2. The molecule has 196 valence electrons. The second-order valence-corrected chi connectivity index (χ2v) is 9.36. The molecule has 0 atom stereocenters. The molecule has 1 aromatic heterocycles. The number of carbonyl (C=O) groups is 2. The van der Waals surface area contributed by atoms with Gasteiger partial charge in [-0.3, -0.25) is 9.59 Å². The monoisotopic (exact) mass is 523 g/mol. The number of hydrogen-bond acceptors (Lipinski definition) is 7. The number of methoxy groups -OCH3 is 2. The van der Waals surface area contributed by atoms with Crippen LogP contribution in [-0.2, 0) is 22.7 Å². The highest BCUT2D eigenvalue weighted by Gasteiger charge is 2.15. The number of benzene rings is 2. The van der Waals surface area contributed by atoms with Gasteiger partial charge in [0.2, 0.25) is 11.8 Å². The number of aromatic nitrogens is 3. The highest BCUT2D eigenvalue weighted by molar-refractivity contribution is 7.99. The van der Waals surface area contributed by atoms with Gasteiger partial charge >= 0.3 is 0 Å². The van der Waals surface area contributed by atoms with Gasteiger partial charge in [-0.25, -0.2) is 0 Å². The van der Waals surface area contributed by atoms with Crippen LogP contribution in [0.4, 0.5) is 5.69 Å². The molecule has 0 fully saturated rings. The fraction of sp³-hybridized carbons (Fsp3) is 0.333. The summed E-state index contributed by atoms with van der Waals surface area (Å²) in [7, 11) is 3.13. The van der Waals surface area contributed by atoms with Crippen LogP contribution in [0.15, 0.2) is 41.6 Å². The van der Waals surface area contributed by atoms with E-state index in [4.69, 9.17) is 9.47 Å². The summed E-state index contributed by atoms with van der Waals surface area (Å²) in [6, 6.07) is 9.50. The lowest BCUT2D eigenvalue weighted by atomic mass is 10.1. The van der Waals surface area contributed by atoms with Crippen LogP contribution in [0, 0.1) is 20.8 Å². The SMILES string of the molecule is CCn1c(CNC(=O)/C=C/c2ccc(OC)c(OC)c2)nnc1SCC(=O)Nc1c(C)cc(C)cc1C. The summed E-state index contributed by atoms with van der Waals surface area (Å²) in [5, 5.41) is 14.9. The van der Waals surface area contributed by atoms with E-state index >= 15 is 0 Å². The molecule has 0 aliphatic rings. The van der Waals surface area contributed by atoms with Crippen LogP contribution >= 0.6 is 11.8 Å². The van der Waals surface area contributed by atoms with Crippen LogP contribution in [0.2, 0.25) is 0 Å². The number of thioether (sulfide) groups is 1. The lowest BCUT2D eigenvalue weighted by Gasteiger charge is -2.13. The molecule has 0 radical (unpaired) electrons. The number of amides is 2. The Balaban J connectivity index is 1.56. The molecule has 0 spiro atoms. The number of anilines is 1. The zero-order chi connectivity index (χ0) is 26.9. The Bertz CT molecular complexity index is 1280. The predicted octanol–water partition coefficient (Wildman–Crippen LogP) is 4.30. The highest BCUT2D eigenvalue weighted by atomic mass is 32.2. The Labute approximate surface area is 221 Å². The molecule has 0 saturated heterocycles. The van der Waals surface area contributed by atoms with Crippen molar-refractivity contribution in [2.45, 2.75) is 45.9 Å².